The number of carbonyl (C=O) groups excluding carboxylic acids is 1. The first-order chi connectivity index (χ1) is 9.61. The smallest absolute Gasteiger partial charge is 0.268 e. The van der Waals surface area contributed by atoms with E-state index >= 15 is 0 Å². The average Bonchev–Trinajstić information content (AvgIpc) is 2.93. The molecule has 110 valence electrons. The number of amides is 1. The lowest BCUT2D eigenvalue weighted by molar-refractivity contribution is -0.164. The third-order valence-corrected chi connectivity index (χ3v) is 5.14. The number of aliphatic hydroxyl groups is 1. The molecule has 0 saturated carbocycles. The van der Waals surface area contributed by atoms with Gasteiger partial charge >= 0.3 is 0 Å². The number of piperidine rings is 1. The van der Waals surface area contributed by atoms with Gasteiger partial charge in [0.15, 0.2) is 5.13 Å². The highest BCUT2D eigenvalue weighted by Gasteiger charge is 2.44. The summed E-state index contributed by atoms with van der Waals surface area (Å²) in [7, 11) is 0. The van der Waals surface area contributed by atoms with Gasteiger partial charge in [-0.1, -0.05) is 0 Å². The first kappa shape index (κ1) is 13.8. The quantitative estimate of drug-likeness (QED) is 0.841. The van der Waals surface area contributed by atoms with Crippen molar-refractivity contribution in [2.75, 3.05) is 24.6 Å². The summed E-state index contributed by atoms with van der Waals surface area (Å²) in [5.41, 5.74) is 5.16. The highest BCUT2D eigenvalue weighted by atomic mass is 32.1. The van der Waals surface area contributed by atoms with Crippen LogP contribution in [0, 0.1) is 0 Å². The average molecular weight is 297 g/mol. The zero-order chi connectivity index (χ0) is 14.2. The van der Waals surface area contributed by atoms with Gasteiger partial charge in [0.1, 0.15) is 5.69 Å². The van der Waals surface area contributed by atoms with Crippen molar-refractivity contribution in [3.63, 3.8) is 0 Å². The van der Waals surface area contributed by atoms with Crippen LogP contribution in [0.15, 0.2) is 5.38 Å². The third-order valence-electron chi connectivity index (χ3n) is 4.24. The van der Waals surface area contributed by atoms with Gasteiger partial charge in [-0.25, -0.2) is 4.98 Å². The van der Waals surface area contributed by atoms with Gasteiger partial charge in [-0.05, 0) is 25.7 Å². The zero-order valence-corrected chi connectivity index (χ0v) is 12.1. The molecule has 1 aromatic heterocycles. The van der Waals surface area contributed by atoms with Gasteiger partial charge in [-0.2, -0.15) is 0 Å². The number of ether oxygens (including phenoxy) is 1. The fourth-order valence-corrected chi connectivity index (χ4v) is 3.86. The van der Waals surface area contributed by atoms with E-state index in [4.69, 9.17) is 10.5 Å². The van der Waals surface area contributed by atoms with Gasteiger partial charge < -0.3 is 20.5 Å². The lowest BCUT2D eigenvalue weighted by Gasteiger charge is -2.46. The molecule has 3 heterocycles. The Morgan fingerprint density at radius 3 is 2.90 bits per heavy atom. The standard InChI is InChI=1S/C13H19N3O3S/c14-11(18)9-8-20-12(15-9)16-5-3-13(4-6-16)10(17)2-1-7-19-13/h8,10,17H,1-7H2,(H2,14,18). The van der Waals surface area contributed by atoms with E-state index in [1.54, 1.807) is 5.38 Å². The maximum absolute atomic E-state index is 11.1. The molecule has 20 heavy (non-hydrogen) atoms. The predicted molar refractivity (Wildman–Crippen MR) is 76.0 cm³/mol. The summed E-state index contributed by atoms with van der Waals surface area (Å²) >= 11 is 1.43. The first-order valence-corrected chi connectivity index (χ1v) is 7.81. The number of hydrogen-bond donors (Lipinski definition) is 2. The molecular formula is C13H19N3O3S. The van der Waals surface area contributed by atoms with Crippen LogP contribution in [0.25, 0.3) is 0 Å². The molecule has 2 saturated heterocycles. The number of anilines is 1. The number of rotatable bonds is 2. The normalized spacial score (nSPS) is 25.9. The molecule has 1 spiro atoms. The summed E-state index contributed by atoms with van der Waals surface area (Å²) in [6.07, 6.45) is 2.97. The van der Waals surface area contributed by atoms with E-state index in [1.165, 1.54) is 11.3 Å². The molecular weight excluding hydrogens is 278 g/mol. The monoisotopic (exact) mass is 297 g/mol. The second-order valence-electron chi connectivity index (χ2n) is 5.44. The van der Waals surface area contributed by atoms with Crippen LogP contribution in [0.4, 0.5) is 5.13 Å². The molecule has 2 aliphatic heterocycles. The highest BCUT2D eigenvalue weighted by molar-refractivity contribution is 7.13. The molecule has 7 heteroatoms. The second-order valence-corrected chi connectivity index (χ2v) is 6.27. The van der Waals surface area contributed by atoms with Gasteiger partial charge in [-0.15, -0.1) is 11.3 Å². The molecule has 1 atom stereocenters. The summed E-state index contributed by atoms with van der Waals surface area (Å²) in [6.45, 7) is 2.30. The molecule has 1 amide bonds. The van der Waals surface area contributed by atoms with E-state index in [-0.39, 0.29) is 11.7 Å². The molecule has 3 N–H and O–H groups in total. The number of carbonyl (C=O) groups is 1. The van der Waals surface area contributed by atoms with Crippen LogP contribution in [-0.4, -0.2) is 47.4 Å². The van der Waals surface area contributed by atoms with Crippen LogP contribution in [0.1, 0.15) is 36.2 Å². The molecule has 1 aromatic rings. The predicted octanol–water partition coefficient (Wildman–Crippen LogP) is 0.752. The topological polar surface area (TPSA) is 88.7 Å². The fraction of sp³-hybridized carbons (Fsp3) is 0.692. The van der Waals surface area contributed by atoms with Crippen molar-refractivity contribution in [1.29, 1.82) is 0 Å². The van der Waals surface area contributed by atoms with E-state index < -0.39 is 5.91 Å². The molecule has 0 aliphatic carbocycles. The van der Waals surface area contributed by atoms with Crippen molar-refractivity contribution >= 4 is 22.4 Å². The van der Waals surface area contributed by atoms with Crippen LogP contribution >= 0.6 is 11.3 Å². The Bertz CT molecular complexity index is 497. The van der Waals surface area contributed by atoms with E-state index in [0.717, 1.165) is 50.5 Å². The Balaban J connectivity index is 1.67. The van der Waals surface area contributed by atoms with Gasteiger partial charge in [-0.3, -0.25) is 4.79 Å². The Morgan fingerprint density at radius 1 is 1.55 bits per heavy atom. The molecule has 0 bridgehead atoms. The Labute approximate surface area is 121 Å². The molecule has 0 radical (unpaired) electrons. The molecule has 0 aromatic carbocycles. The summed E-state index contributed by atoms with van der Waals surface area (Å²) in [5.74, 6) is -0.494. The van der Waals surface area contributed by atoms with E-state index in [2.05, 4.69) is 9.88 Å². The maximum Gasteiger partial charge on any atom is 0.268 e. The molecule has 6 nitrogen and oxygen atoms in total. The summed E-state index contributed by atoms with van der Waals surface area (Å²) in [6, 6.07) is 0. The zero-order valence-electron chi connectivity index (χ0n) is 11.2. The van der Waals surface area contributed by atoms with Crippen LogP contribution < -0.4 is 10.6 Å². The number of aromatic nitrogens is 1. The SMILES string of the molecule is NC(=O)c1csc(N2CCC3(CC2)OCCCC3O)n1. The molecule has 3 rings (SSSR count). The van der Waals surface area contributed by atoms with E-state index in [9.17, 15) is 9.90 Å². The molecule has 2 fully saturated rings. The van der Waals surface area contributed by atoms with Crippen molar-refractivity contribution in [3.8, 4) is 0 Å². The molecule has 1 unspecified atom stereocenters. The van der Waals surface area contributed by atoms with Gasteiger partial charge in [0, 0.05) is 25.1 Å². The van der Waals surface area contributed by atoms with Crippen LogP contribution in [0.2, 0.25) is 0 Å². The second kappa shape index (κ2) is 5.31. The van der Waals surface area contributed by atoms with Crippen molar-refractivity contribution in [2.45, 2.75) is 37.4 Å². The maximum atomic E-state index is 11.1. The van der Waals surface area contributed by atoms with Crippen LogP contribution in [0.3, 0.4) is 0 Å². The van der Waals surface area contributed by atoms with Crippen LogP contribution in [0.5, 0.6) is 0 Å². The largest absolute Gasteiger partial charge is 0.390 e. The minimum atomic E-state index is -0.494. The van der Waals surface area contributed by atoms with Crippen molar-refractivity contribution < 1.29 is 14.6 Å². The lowest BCUT2D eigenvalue weighted by atomic mass is 9.82. The fourth-order valence-electron chi connectivity index (χ4n) is 2.99. The van der Waals surface area contributed by atoms with E-state index in [1.807, 2.05) is 0 Å². The molecule has 2 aliphatic rings. The minimum Gasteiger partial charge on any atom is -0.390 e. The Morgan fingerprint density at radius 2 is 2.30 bits per heavy atom. The number of primary amides is 1. The summed E-state index contributed by atoms with van der Waals surface area (Å²) in [5, 5.41) is 12.7. The summed E-state index contributed by atoms with van der Waals surface area (Å²) < 4.78 is 5.88. The van der Waals surface area contributed by atoms with Gasteiger partial charge in [0.25, 0.3) is 5.91 Å². The lowest BCUT2D eigenvalue weighted by Crippen LogP contribution is -2.55. The minimum absolute atomic E-state index is 0.319. The van der Waals surface area contributed by atoms with E-state index in [0.29, 0.717) is 5.69 Å². The number of nitrogens with zero attached hydrogens (tertiary/aromatic N) is 2. The van der Waals surface area contributed by atoms with Gasteiger partial charge in [0.2, 0.25) is 0 Å². The van der Waals surface area contributed by atoms with Crippen molar-refractivity contribution in [2.24, 2.45) is 5.73 Å². The van der Waals surface area contributed by atoms with Crippen molar-refractivity contribution in [3.05, 3.63) is 11.1 Å². The van der Waals surface area contributed by atoms with Crippen LogP contribution in [-0.2, 0) is 4.74 Å². The number of hydrogen-bond acceptors (Lipinski definition) is 6. The van der Waals surface area contributed by atoms with Gasteiger partial charge in [0.05, 0.1) is 11.7 Å². The summed E-state index contributed by atoms with van der Waals surface area (Å²) in [4.78, 5) is 17.5. The third kappa shape index (κ3) is 2.41. The number of nitrogens with two attached hydrogens (primary N) is 1. The Hall–Kier alpha value is -1.18. The first-order valence-electron chi connectivity index (χ1n) is 6.93. The number of thiazole rings is 1. The van der Waals surface area contributed by atoms with Crippen molar-refractivity contribution in [1.82, 2.24) is 4.98 Å². The number of aliphatic hydroxyl groups excluding tert-OH is 1. The Kier molecular flexibility index (Phi) is 3.66. The highest BCUT2D eigenvalue weighted by Crippen LogP contribution is 2.37.